The van der Waals surface area contributed by atoms with Crippen LogP contribution in [0, 0.1) is 6.92 Å². The van der Waals surface area contributed by atoms with Crippen molar-refractivity contribution >= 4 is 5.69 Å². The molecule has 0 atom stereocenters. The molecule has 0 fully saturated rings. The third-order valence-corrected chi connectivity index (χ3v) is 1.80. The monoisotopic (exact) mass is 152 g/mol. The number of rotatable bonds is 1. The molecule has 0 aliphatic rings. The van der Waals surface area contributed by atoms with Crippen LogP contribution in [0.2, 0.25) is 0 Å². The summed E-state index contributed by atoms with van der Waals surface area (Å²) in [6.45, 7) is 3.80. The first kappa shape index (κ1) is 7.85. The number of aryl methyl sites for hydroxylation is 1. The number of aromatic amines is 1. The molecule has 3 N–H and O–H groups in total. The zero-order chi connectivity index (χ0) is 8.43. The normalized spacial score (nSPS) is 10.0. The summed E-state index contributed by atoms with van der Waals surface area (Å²) in [5.74, 6) is 0. The van der Waals surface area contributed by atoms with Crippen LogP contribution in [0.4, 0.5) is 5.69 Å². The van der Waals surface area contributed by atoms with Crippen LogP contribution >= 0.6 is 0 Å². The fraction of sp³-hybridized carbons (Fsp3) is 0.375. The van der Waals surface area contributed by atoms with Gasteiger partial charge in [0.1, 0.15) is 0 Å². The predicted octanol–water partition coefficient (Wildman–Crippen LogP) is 0.828. The van der Waals surface area contributed by atoms with E-state index in [4.69, 9.17) is 5.73 Å². The Kier molecular flexibility index (Phi) is 1.98. The van der Waals surface area contributed by atoms with Crippen molar-refractivity contribution in [2.45, 2.75) is 20.3 Å². The molecule has 1 aromatic rings. The van der Waals surface area contributed by atoms with Gasteiger partial charge in [-0.15, -0.1) is 0 Å². The summed E-state index contributed by atoms with van der Waals surface area (Å²) in [4.78, 5) is 13.7. The van der Waals surface area contributed by atoms with E-state index in [9.17, 15) is 4.79 Å². The zero-order valence-electron chi connectivity index (χ0n) is 6.77. The van der Waals surface area contributed by atoms with Crippen molar-refractivity contribution in [2.24, 2.45) is 0 Å². The highest BCUT2D eigenvalue weighted by Gasteiger charge is 2.03. The maximum atomic E-state index is 11.1. The number of hydrogen-bond acceptors (Lipinski definition) is 2. The highest BCUT2D eigenvalue weighted by molar-refractivity contribution is 5.50. The van der Waals surface area contributed by atoms with Crippen LogP contribution in [-0.2, 0) is 6.42 Å². The number of nitrogens with two attached hydrogens (primary N) is 1. The van der Waals surface area contributed by atoms with Crippen molar-refractivity contribution in [1.29, 1.82) is 0 Å². The number of H-pyrrole nitrogens is 1. The van der Waals surface area contributed by atoms with E-state index in [0.29, 0.717) is 17.7 Å². The van der Waals surface area contributed by atoms with Gasteiger partial charge in [0, 0.05) is 17.4 Å². The summed E-state index contributed by atoms with van der Waals surface area (Å²) >= 11 is 0. The predicted molar refractivity (Wildman–Crippen MR) is 45.6 cm³/mol. The maximum Gasteiger partial charge on any atom is 0.253 e. The third-order valence-electron chi connectivity index (χ3n) is 1.80. The van der Waals surface area contributed by atoms with Gasteiger partial charge in [-0.1, -0.05) is 6.92 Å². The largest absolute Gasteiger partial charge is 0.398 e. The second kappa shape index (κ2) is 2.78. The molecule has 0 bridgehead atoms. The van der Waals surface area contributed by atoms with Gasteiger partial charge in [-0.3, -0.25) is 4.79 Å². The Labute approximate surface area is 65.2 Å². The highest BCUT2D eigenvalue weighted by Crippen LogP contribution is 2.10. The number of anilines is 1. The van der Waals surface area contributed by atoms with Crippen molar-refractivity contribution in [1.82, 2.24) is 4.98 Å². The molecular weight excluding hydrogens is 140 g/mol. The van der Waals surface area contributed by atoms with E-state index < -0.39 is 0 Å². The van der Waals surface area contributed by atoms with Crippen LogP contribution in [0.5, 0.6) is 0 Å². The minimum Gasteiger partial charge on any atom is -0.398 e. The molecule has 60 valence electrons. The highest BCUT2D eigenvalue weighted by atomic mass is 16.1. The summed E-state index contributed by atoms with van der Waals surface area (Å²) in [7, 11) is 0. The summed E-state index contributed by atoms with van der Waals surface area (Å²) in [6.07, 6.45) is 2.32. The molecular formula is C8H12N2O. The molecule has 1 heterocycles. The fourth-order valence-electron chi connectivity index (χ4n) is 1.05. The number of aromatic nitrogens is 1. The second-order valence-electron chi connectivity index (χ2n) is 2.55. The molecule has 0 spiro atoms. The van der Waals surface area contributed by atoms with Crippen LogP contribution < -0.4 is 11.3 Å². The molecule has 0 unspecified atom stereocenters. The van der Waals surface area contributed by atoms with Crippen LogP contribution in [0.1, 0.15) is 18.1 Å². The first-order valence-electron chi connectivity index (χ1n) is 3.63. The van der Waals surface area contributed by atoms with Crippen LogP contribution in [0.15, 0.2) is 11.0 Å². The van der Waals surface area contributed by atoms with Crippen molar-refractivity contribution in [3.8, 4) is 0 Å². The lowest BCUT2D eigenvalue weighted by atomic mass is 10.1. The summed E-state index contributed by atoms with van der Waals surface area (Å²) in [5.41, 5.74) is 7.84. The van der Waals surface area contributed by atoms with Crippen LogP contribution in [0.3, 0.4) is 0 Å². The molecule has 0 radical (unpaired) electrons. The van der Waals surface area contributed by atoms with Gasteiger partial charge >= 0.3 is 0 Å². The third kappa shape index (κ3) is 1.27. The van der Waals surface area contributed by atoms with Crippen molar-refractivity contribution < 1.29 is 0 Å². The molecule has 0 saturated heterocycles. The Morgan fingerprint density at radius 1 is 1.64 bits per heavy atom. The minimum absolute atomic E-state index is 0.0735. The van der Waals surface area contributed by atoms with Crippen LogP contribution in [-0.4, -0.2) is 4.98 Å². The Hall–Kier alpha value is -1.25. The lowest BCUT2D eigenvalue weighted by Crippen LogP contribution is -2.15. The van der Waals surface area contributed by atoms with E-state index in [2.05, 4.69) is 4.98 Å². The average molecular weight is 152 g/mol. The van der Waals surface area contributed by atoms with Gasteiger partial charge in [0.05, 0.1) is 0 Å². The van der Waals surface area contributed by atoms with E-state index >= 15 is 0 Å². The summed E-state index contributed by atoms with van der Waals surface area (Å²) in [5, 5.41) is 0. The van der Waals surface area contributed by atoms with E-state index in [1.807, 2.05) is 13.8 Å². The Morgan fingerprint density at radius 2 is 2.27 bits per heavy atom. The quantitative estimate of drug-likeness (QED) is 0.626. The van der Waals surface area contributed by atoms with Gasteiger partial charge in [-0.05, 0) is 18.9 Å². The number of pyridine rings is 1. The molecule has 11 heavy (non-hydrogen) atoms. The van der Waals surface area contributed by atoms with Crippen molar-refractivity contribution in [3.63, 3.8) is 0 Å². The SMILES string of the molecule is CCc1c(N)c(C)c[nH]c1=O. The first-order chi connectivity index (χ1) is 5.16. The molecule has 1 aromatic heterocycles. The number of nitrogen functional groups attached to an aromatic ring is 1. The van der Waals surface area contributed by atoms with E-state index in [-0.39, 0.29) is 5.56 Å². The number of nitrogens with one attached hydrogen (secondary N) is 1. The van der Waals surface area contributed by atoms with Crippen molar-refractivity contribution in [3.05, 3.63) is 27.7 Å². The van der Waals surface area contributed by atoms with Gasteiger partial charge in [-0.2, -0.15) is 0 Å². The van der Waals surface area contributed by atoms with Gasteiger partial charge < -0.3 is 10.7 Å². The maximum absolute atomic E-state index is 11.1. The van der Waals surface area contributed by atoms with Crippen LogP contribution in [0.25, 0.3) is 0 Å². The van der Waals surface area contributed by atoms with E-state index in [0.717, 1.165) is 5.56 Å². The average Bonchev–Trinajstić information content (AvgIpc) is 1.99. The van der Waals surface area contributed by atoms with Gasteiger partial charge in [0.25, 0.3) is 5.56 Å². The van der Waals surface area contributed by atoms with Gasteiger partial charge in [0.15, 0.2) is 0 Å². The van der Waals surface area contributed by atoms with Gasteiger partial charge in [0.2, 0.25) is 0 Å². The molecule has 3 heteroatoms. The molecule has 0 saturated carbocycles. The van der Waals surface area contributed by atoms with E-state index in [1.54, 1.807) is 6.20 Å². The Bertz CT molecular complexity index is 314. The fourth-order valence-corrected chi connectivity index (χ4v) is 1.05. The summed E-state index contributed by atoms with van der Waals surface area (Å²) in [6, 6.07) is 0. The Morgan fingerprint density at radius 3 is 2.73 bits per heavy atom. The molecule has 0 amide bonds. The molecule has 0 aromatic carbocycles. The summed E-state index contributed by atoms with van der Waals surface area (Å²) < 4.78 is 0. The lowest BCUT2D eigenvalue weighted by molar-refractivity contribution is 1.05. The molecule has 0 aliphatic carbocycles. The molecule has 3 nitrogen and oxygen atoms in total. The Balaban J connectivity index is 3.41. The zero-order valence-corrected chi connectivity index (χ0v) is 6.77. The smallest absolute Gasteiger partial charge is 0.253 e. The standard InChI is InChI=1S/C8H12N2O/c1-3-6-7(9)5(2)4-10-8(6)11/h4H,3H2,1-2H3,(H3,9,10,11). The van der Waals surface area contributed by atoms with Crippen molar-refractivity contribution in [2.75, 3.05) is 5.73 Å². The molecule has 1 rings (SSSR count). The molecule has 0 aliphatic heterocycles. The lowest BCUT2D eigenvalue weighted by Gasteiger charge is -2.03. The van der Waals surface area contributed by atoms with E-state index in [1.165, 1.54) is 0 Å². The second-order valence-corrected chi connectivity index (χ2v) is 2.55. The first-order valence-corrected chi connectivity index (χ1v) is 3.63. The number of hydrogen-bond donors (Lipinski definition) is 2. The topological polar surface area (TPSA) is 58.9 Å². The van der Waals surface area contributed by atoms with Gasteiger partial charge in [-0.25, -0.2) is 0 Å². The minimum atomic E-state index is -0.0735.